The van der Waals surface area contributed by atoms with E-state index >= 15 is 0 Å². The summed E-state index contributed by atoms with van der Waals surface area (Å²) in [4.78, 5) is 39.6. The van der Waals surface area contributed by atoms with Crippen molar-refractivity contribution in [2.75, 3.05) is 24.5 Å². The Hall–Kier alpha value is -2.77. The summed E-state index contributed by atoms with van der Waals surface area (Å²) >= 11 is 0. The summed E-state index contributed by atoms with van der Waals surface area (Å²) in [6, 6.07) is 0. The number of nitrogens with one attached hydrogen (secondary N) is 1. The van der Waals surface area contributed by atoms with Crippen LogP contribution in [-0.4, -0.2) is 56.5 Å². The number of carbonyl (C=O) groups is 2. The first-order chi connectivity index (χ1) is 16.1. The minimum absolute atomic E-state index is 0.0175. The lowest BCUT2D eigenvalue weighted by Crippen LogP contribution is -2.33. The Balaban J connectivity index is 1.21. The fraction of sp³-hybridized carbons (Fsp3) is 0.640. The van der Waals surface area contributed by atoms with Crippen molar-refractivity contribution in [1.82, 2.24) is 25.1 Å². The number of aromatic nitrogens is 4. The van der Waals surface area contributed by atoms with Crippen LogP contribution in [0.25, 0.3) is 0 Å². The predicted octanol–water partition coefficient (Wildman–Crippen LogP) is 3.10. The van der Waals surface area contributed by atoms with Crippen LogP contribution in [0.2, 0.25) is 0 Å². The molecule has 6 rings (SSSR count). The summed E-state index contributed by atoms with van der Waals surface area (Å²) in [6.07, 6.45) is 10.5. The molecule has 0 aromatic carbocycles. The van der Waals surface area contributed by atoms with Gasteiger partial charge in [0.05, 0.1) is 6.42 Å². The highest BCUT2D eigenvalue weighted by Crippen LogP contribution is 2.35. The molecule has 2 aromatic rings. The van der Waals surface area contributed by atoms with Gasteiger partial charge in [0.25, 0.3) is 5.91 Å². The average molecular weight is 449 g/mol. The minimum atomic E-state index is 0.0175. The molecule has 2 amide bonds. The van der Waals surface area contributed by atoms with Gasteiger partial charge in [-0.05, 0) is 51.4 Å². The number of rotatable bonds is 4. The normalized spacial score (nSPS) is 22.8. The number of hydrogen-bond acceptors (Lipinski definition) is 5. The third-order valence-corrected chi connectivity index (χ3v) is 8.11. The van der Waals surface area contributed by atoms with E-state index in [2.05, 4.69) is 10.2 Å². The Morgan fingerprint density at radius 1 is 1.06 bits per heavy atom. The molecule has 0 bridgehead atoms. The second-order valence-corrected chi connectivity index (χ2v) is 10.3. The van der Waals surface area contributed by atoms with Gasteiger partial charge in [-0.2, -0.15) is 5.10 Å². The summed E-state index contributed by atoms with van der Waals surface area (Å²) in [6.45, 7) is 4.07. The lowest BCUT2D eigenvalue weighted by Gasteiger charge is -2.27. The molecule has 2 aliphatic heterocycles. The summed E-state index contributed by atoms with van der Waals surface area (Å²) < 4.78 is 0. The molecular weight excluding hydrogens is 416 g/mol. The van der Waals surface area contributed by atoms with Crippen LogP contribution in [0.5, 0.6) is 0 Å². The van der Waals surface area contributed by atoms with Crippen molar-refractivity contribution in [2.45, 2.75) is 77.0 Å². The van der Waals surface area contributed by atoms with Crippen LogP contribution in [0.4, 0.5) is 5.82 Å². The number of H-pyrrole nitrogens is 1. The molecule has 0 radical (unpaired) electrons. The Morgan fingerprint density at radius 3 is 2.76 bits per heavy atom. The maximum absolute atomic E-state index is 13.2. The Bertz CT molecular complexity index is 1100. The molecule has 4 aliphatic rings. The molecule has 4 heterocycles. The van der Waals surface area contributed by atoms with Crippen LogP contribution < -0.4 is 4.90 Å². The van der Waals surface area contributed by atoms with Gasteiger partial charge in [-0.15, -0.1) is 0 Å². The number of anilines is 1. The highest BCUT2D eigenvalue weighted by atomic mass is 16.2. The van der Waals surface area contributed by atoms with Crippen molar-refractivity contribution in [3.05, 3.63) is 34.0 Å². The number of hydrogen-bond donors (Lipinski definition) is 1. The maximum Gasteiger partial charge on any atom is 0.274 e. The Morgan fingerprint density at radius 2 is 1.91 bits per heavy atom. The molecule has 2 aromatic heterocycles. The Kier molecular flexibility index (Phi) is 5.18. The molecule has 1 N–H and O–H groups in total. The standard InChI is InChI=1S/C25H32N6O2/c1-15-19-12-21(32)31(13-16-6-3-2-4-7-16)24(19)27-23(26-15)17-10-11-30(14-17)25(33)22-18-8-5-9-20(18)28-29-22/h16-17H,2-14H2,1H3,(H,28,29)/t17-/m0/s1. The molecule has 0 spiro atoms. The number of aryl methyl sites for hydroxylation is 2. The number of fused-ring (bicyclic) bond motifs is 2. The predicted molar refractivity (Wildman–Crippen MR) is 123 cm³/mol. The molecule has 0 unspecified atom stereocenters. The lowest BCUT2D eigenvalue weighted by atomic mass is 9.89. The van der Waals surface area contributed by atoms with E-state index in [1.165, 1.54) is 32.1 Å². The summed E-state index contributed by atoms with van der Waals surface area (Å²) in [5, 5.41) is 7.38. The van der Waals surface area contributed by atoms with Crippen LogP contribution >= 0.6 is 0 Å². The van der Waals surface area contributed by atoms with Crippen LogP contribution in [-0.2, 0) is 24.1 Å². The Labute approximate surface area is 194 Å². The van der Waals surface area contributed by atoms with Gasteiger partial charge in [0, 0.05) is 48.1 Å². The third-order valence-electron chi connectivity index (χ3n) is 8.11. The molecule has 2 aliphatic carbocycles. The average Bonchev–Trinajstić information content (AvgIpc) is 3.59. The molecule has 8 heteroatoms. The molecule has 1 atom stereocenters. The fourth-order valence-electron chi connectivity index (χ4n) is 6.20. The third kappa shape index (κ3) is 3.63. The van der Waals surface area contributed by atoms with E-state index < -0.39 is 0 Å². The fourth-order valence-corrected chi connectivity index (χ4v) is 6.20. The van der Waals surface area contributed by atoms with Gasteiger partial charge < -0.3 is 4.90 Å². The van der Waals surface area contributed by atoms with Gasteiger partial charge >= 0.3 is 0 Å². The van der Waals surface area contributed by atoms with Gasteiger partial charge in [0.1, 0.15) is 11.6 Å². The van der Waals surface area contributed by atoms with E-state index in [1.54, 1.807) is 0 Å². The first-order valence-electron chi connectivity index (χ1n) is 12.6. The van der Waals surface area contributed by atoms with Crippen LogP contribution in [0, 0.1) is 12.8 Å². The second-order valence-electron chi connectivity index (χ2n) is 10.3. The molecule has 8 nitrogen and oxygen atoms in total. The molecule has 1 saturated carbocycles. The monoisotopic (exact) mass is 448 g/mol. The molecule has 1 saturated heterocycles. The quantitative estimate of drug-likeness (QED) is 0.776. The number of amides is 2. The van der Waals surface area contributed by atoms with Crippen molar-refractivity contribution in [3.63, 3.8) is 0 Å². The zero-order valence-electron chi connectivity index (χ0n) is 19.4. The maximum atomic E-state index is 13.2. The van der Waals surface area contributed by atoms with Gasteiger partial charge in [0.15, 0.2) is 5.69 Å². The highest BCUT2D eigenvalue weighted by molar-refractivity contribution is 6.00. The topological polar surface area (TPSA) is 95.1 Å². The van der Waals surface area contributed by atoms with E-state index in [1.807, 2.05) is 16.7 Å². The van der Waals surface area contributed by atoms with Gasteiger partial charge in [-0.1, -0.05) is 19.3 Å². The first-order valence-corrected chi connectivity index (χ1v) is 12.6. The SMILES string of the molecule is Cc1nc([C@H]2CCN(C(=O)c3n[nH]c4c3CCC4)C2)nc2c1CC(=O)N2CC1CCCCC1. The van der Waals surface area contributed by atoms with Crippen molar-refractivity contribution in [2.24, 2.45) is 5.92 Å². The molecule has 33 heavy (non-hydrogen) atoms. The zero-order chi connectivity index (χ0) is 22.5. The highest BCUT2D eigenvalue weighted by Gasteiger charge is 2.37. The lowest BCUT2D eigenvalue weighted by molar-refractivity contribution is -0.117. The second kappa shape index (κ2) is 8.22. The number of aromatic amines is 1. The van der Waals surface area contributed by atoms with Crippen molar-refractivity contribution in [3.8, 4) is 0 Å². The molecule has 174 valence electrons. The van der Waals surface area contributed by atoms with Crippen molar-refractivity contribution in [1.29, 1.82) is 0 Å². The van der Waals surface area contributed by atoms with Crippen LogP contribution in [0.3, 0.4) is 0 Å². The van der Waals surface area contributed by atoms with Gasteiger partial charge in [0.2, 0.25) is 5.91 Å². The molecular formula is C25H32N6O2. The largest absolute Gasteiger partial charge is 0.336 e. The number of carbonyl (C=O) groups excluding carboxylic acids is 2. The zero-order valence-corrected chi connectivity index (χ0v) is 19.4. The van der Waals surface area contributed by atoms with E-state index in [0.29, 0.717) is 31.1 Å². The van der Waals surface area contributed by atoms with E-state index in [4.69, 9.17) is 9.97 Å². The van der Waals surface area contributed by atoms with Crippen molar-refractivity contribution < 1.29 is 9.59 Å². The van der Waals surface area contributed by atoms with E-state index in [-0.39, 0.29) is 17.7 Å². The minimum Gasteiger partial charge on any atom is -0.336 e. The summed E-state index contributed by atoms with van der Waals surface area (Å²) in [7, 11) is 0. The summed E-state index contributed by atoms with van der Waals surface area (Å²) in [5.41, 5.74) is 4.71. The number of nitrogens with zero attached hydrogens (tertiary/aromatic N) is 5. The molecule has 2 fully saturated rings. The smallest absolute Gasteiger partial charge is 0.274 e. The number of likely N-dealkylation sites (tertiary alicyclic amines) is 1. The van der Waals surface area contributed by atoms with Crippen LogP contribution in [0.15, 0.2) is 0 Å². The first kappa shape index (κ1) is 20.8. The van der Waals surface area contributed by atoms with E-state index in [0.717, 1.165) is 66.4 Å². The van der Waals surface area contributed by atoms with Gasteiger partial charge in [-0.25, -0.2) is 9.97 Å². The van der Waals surface area contributed by atoms with Gasteiger partial charge in [-0.3, -0.25) is 19.6 Å². The van der Waals surface area contributed by atoms with Crippen LogP contribution in [0.1, 0.15) is 89.7 Å². The van der Waals surface area contributed by atoms with E-state index in [9.17, 15) is 9.59 Å². The van der Waals surface area contributed by atoms with Crippen molar-refractivity contribution >= 4 is 17.6 Å². The summed E-state index contributed by atoms with van der Waals surface area (Å²) in [5.74, 6) is 2.43.